The first-order valence-corrected chi connectivity index (χ1v) is 4.50. The second-order valence-corrected chi connectivity index (χ2v) is 4.19. The van der Waals surface area contributed by atoms with Gasteiger partial charge in [0.2, 0.25) is 0 Å². The second kappa shape index (κ2) is 3.77. The molecule has 0 saturated carbocycles. The summed E-state index contributed by atoms with van der Waals surface area (Å²) >= 11 is 0. The Morgan fingerprint density at radius 2 is 2.31 bits per heavy atom. The third-order valence-corrected chi connectivity index (χ3v) is 2.01. The lowest BCUT2D eigenvalue weighted by Crippen LogP contribution is -2.22. The first-order chi connectivity index (χ1) is 6.03. The topological polar surface area (TPSA) is 26.3 Å². The van der Waals surface area contributed by atoms with Gasteiger partial charge < -0.3 is 4.74 Å². The van der Waals surface area contributed by atoms with Crippen LogP contribution in [0.1, 0.15) is 26.7 Å². The summed E-state index contributed by atoms with van der Waals surface area (Å²) in [5.41, 5.74) is 0.0440. The molecule has 0 bridgehead atoms. The van der Waals surface area contributed by atoms with Crippen LogP contribution in [0.25, 0.3) is 0 Å². The fraction of sp³-hybridized carbons (Fsp3) is 0.545. The van der Waals surface area contributed by atoms with E-state index in [1.807, 2.05) is 0 Å². The van der Waals surface area contributed by atoms with Crippen LogP contribution >= 0.6 is 0 Å². The number of carbonyl (C=O) groups is 1. The second-order valence-electron chi connectivity index (χ2n) is 4.19. The highest BCUT2D eigenvalue weighted by Gasteiger charge is 2.28. The number of ketones is 1. The zero-order chi connectivity index (χ0) is 9.90. The monoisotopic (exact) mass is 180 g/mol. The molecule has 2 nitrogen and oxygen atoms in total. The van der Waals surface area contributed by atoms with Gasteiger partial charge in [-0.25, -0.2) is 0 Å². The Kier molecular flexibility index (Phi) is 2.91. The van der Waals surface area contributed by atoms with E-state index in [0.29, 0.717) is 13.0 Å². The van der Waals surface area contributed by atoms with Crippen LogP contribution in [-0.4, -0.2) is 12.4 Å². The summed E-state index contributed by atoms with van der Waals surface area (Å²) in [6, 6.07) is 0. The number of hydrogen-bond acceptors (Lipinski definition) is 2. The molecule has 0 aromatic heterocycles. The molecule has 1 rings (SSSR count). The molecule has 0 radical (unpaired) electrons. The molecule has 0 spiro atoms. The molecule has 0 N–H and O–H groups in total. The van der Waals surface area contributed by atoms with Gasteiger partial charge in [-0.05, 0) is 5.41 Å². The van der Waals surface area contributed by atoms with E-state index in [9.17, 15) is 4.79 Å². The summed E-state index contributed by atoms with van der Waals surface area (Å²) < 4.78 is 5.36. The third kappa shape index (κ3) is 3.05. The number of allylic oxidation sites excluding steroid dienone is 2. The SMILES string of the molecule is C=CCOC1=CC(=O)CC(C)(C)C1. The van der Waals surface area contributed by atoms with Gasteiger partial charge in [0, 0.05) is 18.9 Å². The third-order valence-electron chi connectivity index (χ3n) is 2.01. The molecule has 1 aliphatic carbocycles. The molecule has 0 aromatic rings. The molecule has 13 heavy (non-hydrogen) atoms. The molecule has 72 valence electrons. The fourth-order valence-corrected chi connectivity index (χ4v) is 1.55. The lowest BCUT2D eigenvalue weighted by atomic mass is 9.79. The van der Waals surface area contributed by atoms with Crippen molar-refractivity contribution in [3.63, 3.8) is 0 Å². The van der Waals surface area contributed by atoms with Crippen LogP contribution in [0.3, 0.4) is 0 Å². The van der Waals surface area contributed by atoms with Crippen molar-refractivity contribution in [2.24, 2.45) is 5.41 Å². The molecule has 0 atom stereocenters. The Hall–Kier alpha value is -1.05. The smallest absolute Gasteiger partial charge is 0.159 e. The summed E-state index contributed by atoms with van der Waals surface area (Å²) in [5, 5.41) is 0. The fourth-order valence-electron chi connectivity index (χ4n) is 1.55. The Morgan fingerprint density at radius 1 is 1.62 bits per heavy atom. The molecule has 0 unspecified atom stereocenters. The van der Waals surface area contributed by atoms with E-state index in [4.69, 9.17) is 4.74 Å². The van der Waals surface area contributed by atoms with Crippen LogP contribution in [0.2, 0.25) is 0 Å². The van der Waals surface area contributed by atoms with Crippen LogP contribution in [0.5, 0.6) is 0 Å². The van der Waals surface area contributed by atoms with E-state index in [1.54, 1.807) is 12.2 Å². The summed E-state index contributed by atoms with van der Waals surface area (Å²) in [6.07, 6.45) is 4.75. The maximum Gasteiger partial charge on any atom is 0.159 e. The Labute approximate surface area is 79.3 Å². The summed E-state index contributed by atoms with van der Waals surface area (Å²) in [4.78, 5) is 11.3. The van der Waals surface area contributed by atoms with Crippen LogP contribution in [-0.2, 0) is 9.53 Å². The molecule has 0 heterocycles. The molecular formula is C11H16O2. The Morgan fingerprint density at radius 3 is 2.85 bits per heavy atom. The van der Waals surface area contributed by atoms with Gasteiger partial charge in [0.05, 0.1) is 0 Å². The standard InChI is InChI=1S/C11H16O2/c1-4-5-13-10-6-9(12)7-11(2,3)8-10/h4,6H,1,5,7-8H2,2-3H3. The van der Waals surface area contributed by atoms with Crippen LogP contribution in [0.4, 0.5) is 0 Å². The van der Waals surface area contributed by atoms with Crippen molar-refractivity contribution in [2.45, 2.75) is 26.7 Å². The number of hydrogen-bond donors (Lipinski definition) is 0. The molecule has 2 heteroatoms. The molecule has 0 amide bonds. The molecule has 0 aliphatic heterocycles. The van der Waals surface area contributed by atoms with Crippen LogP contribution in [0, 0.1) is 5.41 Å². The summed E-state index contributed by atoms with van der Waals surface area (Å²) in [6.45, 7) is 8.20. The first kappa shape index (κ1) is 10.0. The lowest BCUT2D eigenvalue weighted by Gasteiger charge is -2.28. The van der Waals surface area contributed by atoms with Crippen molar-refractivity contribution in [3.8, 4) is 0 Å². The van der Waals surface area contributed by atoms with E-state index < -0.39 is 0 Å². The van der Waals surface area contributed by atoms with E-state index >= 15 is 0 Å². The van der Waals surface area contributed by atoms with Gasteiger partial charge >= 0.3 is 0 Å². The van der Waals surface area contributed by atoms with Crippen molar-refractivity contribution in [3.05, 3.63) is 24.5 Å². The van der Waals surface area contributed by atoms with Crippen LogP contribution in [0.15, 0.2) is 24.5 Å². The van der Waals surface area contributed by atoms with Gasteiger partial charge in [0.15, 0.2) is 5.78 Å². The predicted octanol–water partition coefficient (Wildman–Crippen LogP) is 2.46. The van der Waals surface area contributed by atoms with E-state index in [1.165, 1.54) is 0 Å². The van der Waals surface area contributed by atoms with Crippen molar-refractivity contribution in [1.82, 2.24) is 0 Å². The van der Waals surface area contributed by atoms with E-state index in [0.717, 1.165) is 12.2 Å². The average Bonchev–Trinajstić information content (AvgIpc) is 1.97. The molecule has 1 aliphatic rings. The normalized spacial score (nSPS) is 20.8. The molecule has 0 aromatic carbocycles. The Balaban J connectivity index is 2.63. The lowest BCUT2D eigenvalue weighted by molar-refractivity contribution is -0.117. The van der Waals surface area contributed by atoms with Crippen molar-refractivity contribution in [2.75, 3.05) is 6.61 Å². The minimum Gasteiger partial charge on any atom is -0.494 e. The van der Waals surface area contributed by atoms with Crippen molar-refractivity contribution < 1.29 is 9.53 Å². The largest absolute Gasteiger partial charge is 0.494 e. The number of rotatable bonds is 3. The zero-order valence-corrected chi connectivity index (χ0v) is 8.30. The quantitative estimate of drug-likeness (QED) is 0.624. The maximum atomic E-state index is 11.3. The summed E-state index contributed by atoms with van der Waals surface area (Å²) in [7, 11) is 0. The van der Waals surface area contributed by atoms with Gasteiger partial charge in [-0.1, -0.05) is 26.5 Å². The van der Waals surface area contributed by atoms with Gasteiger partial charge in [-0.15, -0.1) is 0 Å². The molecular weight excluding hydrogens is 164 g/mol. The number of ether oxygens (including phenoxy) is 1. The zero-order valence-electron chi connectivity index (χ0n) is 8.30. The molecule has 0 saturated heterocycles. The highest BCUT2D eigenvalue weighted by Crippen LogP contribution is 2.33. The van der Waals surface area contributed by atoms with Gasteiger partial charge in [0.1, 0.15) is 12.4 Å². The predicted molar refractivity (Wildman–Crippen MR) is 52.3 cm³/mol. The van der Waals surface area contributed by atoms with Crippen LogP contribution < -0.4 is 0 Å². The highest BCUT2D eigenvalue weighted by molar-refractivity contribution is 5.91. The molecule has 0 fully saturated rings. The van der Waals surface area contributed by atoms with Crippen molar-refractivity contribution >= 4 is 5.78 Å². The van der Waals surface area contributed by atoms with E-state index in [2.05, 4.69) is 20.4 Å². The summed E-state index contributed by atoms with van der Waals surface area (Å²) in [5.74, 6) is 0.955. The van der Waals surface area contributed by atoms with E-state index in [-0.39, 0.29) is 11.2 Å². The van der Waals surface area contributed by atoms with Gasteiger partial charge in [-0.3, -0.25) is 4.79 Å². The Bertz CT molecular complexity index is 249. The minimum atomic E-state index is 0.0440. The number of carbonyl (C=O) groups excluding carboxylic acids is 1. The maximum absolute atomic E-state index is 11.3. The average molecular weight is 180 g/mol. The highest BCUT2D eigenvalue weighted by atomic mass is 16.5. The van der Waals surface area contributed by atoms with Crippen molar-refractivity contribution in [1.29, 1.82) is 0 Å². The van der Waals surface area contributed by atoms with Gasteiger partial charge in [0.25, 0.3) is 0 Å². The van der Waals surface area contributed by atoms with Gasteiger partial charge in [-0.2, -0.15) is 0 Å². The minimum absolute atomic E-state index is 0.0440. The first-order valence-electron chi connectivity index (χ1n) is 4.50.